The van der Waals surface area contributed by atoms with Crippen molar-refractivity contribution < 1.29 is 27.1 Å². The van der Waals surface area contributed by atoms with E-state index in [-0.39, 0.29) is 22.2 Å². The lowest BCUT2D eigenvalue weighted by Crippen LogP contribution is -2.54. The highest BCUT2D eigenvalue weighted by atomic mass is 35.5. The van der Waals surface area contributed by atoms with Gasteiger partial charge >= 0.3 is 0 Å². The summed E-state index contributed by atoms with van der Waals surface area (Å²) >= 11 is 12.3. The van der Waals surface area contributed by atoms with Crippen LogP contribution in [-0.2, 0) is 26.2 Å². The number of sulfonamides is 1. The first-order valence-electron chi connectivity index (χ1n) is 13.2. The Morgan fingerprint density at radius 2 is 1.60 bits per heavy atom. The molecular formula is C30H34Cl2FN3O5S. The standard InChI is InChI=1S/C30H34Cl2FN3O5S/c1-6-41-24-12-10-23(11-13-24)36(42(39,40)25-14-8-22(33)9-15-25)19-28(37)35(20(2)29(38)34-30(3,4)5)18-21-7-16-26(31)27(32)17-21/h7-17,20H,6,18-19H2,1-5H3,(H,34,38)/t20-/m1/s1. The number of nitrogens with one attached hydrogen (secondary N) is 1. The quantitative estimate of drug-likeness (QED) is 0.276. The van der Waals surface area contributed by atoms with Crippen molar-refractivity contribution in [3.8, 4) is 5.75 Å². The summed E-state index contributed by atoms with van der Waals surface area (Å²) in [4.78, 5) is 28.3. The highest BCUT2D eigenvalue weighted by molar-refractivity contribution is 7.92. The van der Waals surface area contributed by atoms with Gasteiger partial charge in [0.15, 0.2) is 0 Å². The number of nitrogens with zero attached hydrogens (tertiary/aromatic N) is 2. The Bertz CT molecular complexity index is 1510. The van der Waals surface area contributed by atoms with Gasteiger partial charge in [0.05, 0.1) is 27.2 Å². The number of anilines is 1. The van der Waals surface area contributed by atoms with Crippen molar-refractivity contribution in [2.75, 3.05) is 17.5 Å². The molecule has 12 heteroatoms. The number of hydrogen-bond donors (Lipinski definition) is 1. The number of carbonyl (C=O) groups is 2. The van der Waals surface area contributed by atoms with Gasteiger partial charge in [0.1, 0.15) is 24.2 Å². The second kappa shape index (κ2) is 13.8. The first kappa shape index (κ1) is 33.2. The molecule has 0 unspecified atom stereocenters. The van der Waals surface area contributed by atoms with Crippen LogP contribution in [0.5, 0.6) is 5.75 Å². The Hall–Kier alpha value is -3.34. The maximum absolute atomic E-state index is 14.0. The van der Waals surface area contributed by atoms with Gasteiger partial charge < -0.3 is 15.0 Å². The summed E-state index contributed by atoms with van der Waals surface area (Å²) in [7, 11) is -4.35. The third kappa shape index (κ3) is 8.59. The Kier molecular flexibility index (Phi) is 10.9. The van der Waals surface area contributed by atoms with Gasteiger partial charge in [-0.2, -0.15) is 0 Å². The fourth-order valence-electron chi connectivity index (χ4n) is 4.03. The van der Waals surface area contributed by atoms with E-state index in [1.54, 1.807) is 37.3 Å². The second-order valence-corrected chi connectivity index (χ2v) is 13.3. The van der Waals surface area contributed by atoms with Gasteiger partial charge in [-0.15, -0.1) is 0 Å². The van der Waals surface area contributed by atoms with Crippen LogP contribution < -0.4 is 14.4 Å². The van der Waals surface area contributed by atoms with Crippen LogP contribution in [-0.4, -0.2) is 49.9 Å². The lowest BCUT2D eigenvalue weighted by molar-refractivity contribution is -0.140. The van der Waals surface area contributed by atoms with Crippen LogP contribution in [0.3, 0.4) is 0 Å². The Morgan fingerprint density at radius 1 is 0.976 bits per heavy atom. The van der Waals surface area contributed by atoms with E-state index >= 15 is 0 Å². The maximum Gasteiger partial charge on any atom is 0.264 e. The molecule has 0 aromatic heterocycles. The van der Waals surface area contributed by atoms with E-state index in [0.29, 0.717) is 22.9 Å². The van der Waals surface area contributed by atoms with Crippen LogP contribution in [0.2, 0.25) is 10.0 Å². The molecule has 3 rings (SSSR count). The third-order valence-electron chi connectivity index (χ3n) is 6.12. The van der Waals surface area contributed by atoms with Crippen LogP contribution in [0.4, 0.5) is 10.1 Å². The summed E-state index contributed by atoms with van der Waals surface area (Å²) in [6, 6.07) is 14.4. The minimum Gasteiger partial charge on any atom is -0.494 e. The summed E-state index contributed by atoms with van der Waals surface area (Å²) in [5, 5.41) is 3.45. The van der Waals surface area contributed by atoms with Gasteiger partial charge in [0.25, 0.3) is 10.0 Å². The van der Waals surface area contributed by atoms with Gasteiger partial charge in [-0.3, -0.25) is 13.9 Å². The number of ether oxygens (including phenoxy) is 1. The SMILES string of the molecule is CCOc1ccc(N(CC(=O)N(Cc2ccc(Cl)c(Cl)c2)[C@H](C)C(=O)NC(C)(C)C)S(=O)(=O)c2ccc(F)cc2)cc1. The number of rotatable bonds is 11. The summed E-state index contributed by atoms with van der Waals surface area (Å²) in [5.41, 5.74) is 0.184. The molecule has 0 saturated heterocycles. The average molecular weight is 639 g/mol. The minimum atomic E-state index is -4.35. The molecule has 1 atom stereocenters. The third-order valence-corrected chi connectivity index (χ3v) is 8.65. The number of benzene rings is 3. The predicted octanol–water partition coefficient (Wildman–Crippen LogP) is 6.06. The van der Waals surface area contributed by atoms with Gasteiger partial charge in [0.2, 0.25) is 11.8 Å². The first-order chi connectivity index (χ1) is 19.6. The lowest BCUT2D eigenvalue weighted by atomic mass is 10.1. The maximum atomic E-state index is 14.0. The van der Waals surface area contributed by atoms with Crippen LogP contribution >= 0.6 is 23.2 Å². The summed E-state index contributed by atoms with van der Waals surface area (Å²) < 4.78 is 47.7. The molecule has 1 N–H and O–H groups in total. The molecule has 0 aliphatic carbocycles. The van der Waals surface area contributed by atoms with E-state index in [0.717, 1.165) is 28.6 Å². The molecule has 42 heavy (non-hydrogen) atoms. The predicted molar refractivity (Wildman–Crippen MR) is 163 cm³/mol. The molecule has 0 aliphatic heterocycles. The summed E-state index contributed by atoms with van der Waals surface area (Å²) in [6.45, 7) is 8.52. The van der Waals surface area contributed by atoms with E-state index < -0.39 is 45.8 Å². The van der Waals surface area contributed by atoms with Crippen LogP contribution in [0.25, 0.3) is 0 Å². The van der Waals surface area contributed by atoms with Crippen molar-refractivity contribution in [1.29, 1.82) is 0 Å². The number of halogens is 3. The smallest absolute Gasteiger partial charge is 0.264 e. The molecule has 3 aromatic carbocycles. The van der Waals surface area contributed by atoms with Crippen LogP contribution in [0.15, 0.2) is 71.6 Å². The highest BCUT2D eigenvalue weighted by Gasteiger charge is 2.33. The van der Waals surface area contributed by atoms with Gasteiger partial charge in [-0.25, -0.2) is 12.8 Å². The van der Waals surface area contributed by atoms with Crippen LogP contribution in [0.1, 0.15) is 40.2 Å². The molecule has 0 saturated carbocycles. The van der Waals surface area contributed by atoms with E-state index in [4.69, 9.17) is 27.9 Å². The first-order valence-corrected chi connectivity index (χ1v) is 15.4. The largest absolute Gasteiger partial charge is 0.494 e. The van der Waals surface area contributed by atoms with E-state index in [1.165, 1.54) is 17.0 Å². The lowest BCUT2D eigenvalue weighted by Gasteiger charge is -2.33. The Labute approximate surface area is 256 Å². The second-order valence-electron chi connectivity index (χ2n) is 10.6. The normalized spacial score (nSPS) is 12.4. The Morgan fingerprint density at radius 3 is 2.14 bits per heavy atom. The molecule has 0 fully saturated rings. The highest BCUT2D eigenvalue weighted by Crippen LogP contribution is 2.28. The van der Waals surface area contributed by atoms with Gasteiger partial charge in [-0.05, 0) is 101 Å². The molecule has 2 amide bonds. The van der Waals surface area contributed by atoms with Gasteiger partial charge in [0, 0.05) is 12.1 Å². The average Bonchev–Trinajstić information content (AvgIpc) is 2.91. The van der Waals surface area contributed by atoms with E-state index in [1.807, 2.05) is 27.7 Å². The van der Waals surface area contributed by atoms with Crippen LogP contribution in [0, 0.1) is 5.82 Å². The monoisotopic (exact) mass is 637 g/mol. The van der Waals surface area contributed by atoms with Crippen molar-refractivity contribution in [3.05, 3.63) is 88.2 Å². The fourth-order valence-corrected chi connectivity index (χ4v) is 5.76. The van der Waals surface area contributed by atoms with Crippen molar-refractivity contribution in [3.63, 3.8) is 0 Å². The number of amides is 2. The number of carbonyl (C=O) groups excluding carboxylic acids is 2. The Balaban J connectivity index is 2.05. The fraction of sp³-hybridized carbons (Fsp3) is 0.333. The topological polar surface area (TPSA) is 96.0 Å². The van der Waals surface area contributed by atoms with Crippen molar-refractivity contribution in [2.45, 2.75) is 57.6 Å². The van der Waals surface area contributed by atoms with Crippen molar-refractivity contribution in [2.24, 2.45) is 0 Å². The molecule has 0 radical (unpaired) electrons. The number of hydrogen-bond acceptors (Lipinski definition) is 5. The zero-order valence-electron chi connectivity index (χ0n) is 24.0. The molecule has 3 aromatic rings. The molecule has 0 spiro atoms. The van der Waals surface area contributed by atoms with Gasteiger partial charge in [-0.1, -0.05) is 29.3 Å². The molecule has 0 heterocycles. The zero-order valence-corrected chi connectivity index (χ0v) is 26.4. The molecule has 0 aliphatic rings. The van der Waals surface area contributed by atoms with Crippen molar-refractivity contribution in [1.82, 2.24) is 10.2 Å². The molecular weight excluding hydrogens is 604 g/mol. The van der Waals surface area contributed by atoms with E-state index in [2.05, 4.69) is 5.32 Å². The minimum absolute atomic E-state index is 0.0534. The van der Waals surface area contributed by atoms with Crippen molar-refractivity contribution >= 4 is 50.7 Å². The molecule has 8 nitrogen and oxygen atoms in total. The molecule has 226 valence electrons. The summed E-state index contributed by atoms with van der Waals surface area (Å²) in [5.74, 6) is -1.17. The summed E-state index contributed by atoms with van der Waals surface area (Å²) in [6.07, 6.45) is 0. The zero-order chi connectivity index (χ0) is 31.2. The van der Waals surface area contributed by atoms with E-state index in [9.17, 15) is 22.4 Å². The molecule has 0 bridgehead atoms.